The van der Waals surface area contributed by atoms with Crippen LogP contribution in [0.2, 0.25) is 0 Å². The van der Waals surface area contributed by atoms with Crippen molar-refractivity contribution in [2.45, 2.75) is 25.2 Å². The first-order valence-electron chi connectivity index (χ1n) is 8.81. The molecule has 2 aliphatic rings. The second-order valence-electron chi connectivity index (χ2n) is 6.93. The molecule has 1 N–H and O–H groups in total. The van der Waals surface area contributed by atoms with Gasteiger partial charge in [0.25, 0.3) is 0 Å². The third-order valence-corrected chi connectivity index (χ3v) is 5.27. The Balaban J connectivity index is 1.48. The maximum absolute atomic E-state index is 6.25. The molecule has 2 aliphatic heterocycles. The molecule has 0 amide bonds. The van der Waals surface area contributed by atoms with E-state index in [0.29, 0.717) is 6.61 Å². The van der Waals surface area contributed by atoms with Crippen LogP contribution in [0.5, 0.6) is 5.75 Å². The molecule has 3 heterocycles. The van der Waals surface area contributed by atoms with E-state index in [1.807, 2.05) is 17.9 Å². The predicted molar refractivity (Wildman–Crippen MR) is 96.4 cm³/mol. The molecule has 0 unspecified atom stereocenters. The summed E-state index contributed by atoms with van der Waals surface area (Å²) in [4.78, 5) is 4.46. The number of piperidine rings is 1. The first kappa shape index (κ1) is 14.9. The molecule has 1 fully saturated rings. The van der Waals surface area contributed by atoms with Crippen LogP contribution in [0.15, 0.2) is 42.7 Å². The van der Waals surface area contributed by atoms with E-state index in [1.165, 1.54) is 5.56 Å². The Morgan fingerprint density at radius 2 is 1.88 bits per heavy atom. The first-order chi connectivity index (χ1) is 12.2. The van der Waals surface area contributed by atoms with E-state index in [9.17, 15) is 0 Å². The molecule has 0 atom stereocenters. The van der Waals surface area contributed by atoms with Crippen LogP contribution in [-0.4, -0.2) is 28.4 Å². The Bertz CT molecular complexity index is 941. The normalized spacial score (nSPS) is 18.9. The molecular weight excluding hydrogens is 314 g/mol. The van der Waals surface area contributed by atoms with E-state index in [0.717, 1.165) is 53.8 Å². The smallest absolute Gasteiger partial charge is 0.213 e. The van der Waals surface area contributed by atoms with Crippen LogP contribution < -0.4 is 10.1 Å². The van der Waals surface area contributed by atoms with Crippen LogP contribution in [0.4, 0.5) is 0 Å². The highest BCUT2D eigenvalue weighted by Crippen LogP contribution is 2.38. The van der Waals surface area contributed by atoms with Crippen LogP contribution in [0.1, 0.15) is 18.4 Å². The lowest BCUT2D eigenvalue weighted by molar-refractivity contribution is -0.218. The number of nitrogens with zero attached hydrogens (tertiary/aromatic N) is 2. The summed E-state index contributed by atoms with van der Waals surface area (Å²) in [5, 5.41) is 3.36. The number of imidazole rings is 1. The Kier molecular flexibility index (Phi) is 3.33. The highest BCUT2D eigenvalue weighted by Gasteiger charge is 2.38. The number of benzene rings is 2. The van der Waals surface area contributed by atoms with E-state index in [4.69, 9.17) is 9.47 Å². The fourth-order valence-electron chi connectivity index (χ4n) is 3.78. The van der Waals surface area contributed by atoms with Gasteiger partial charge in [-0.2, -0.15) is 0 Å². The van der Waals surface area contributed by atoms with E-state index >= 15 is 0 Å². The van der Waals surface area contributed by atoms with Gasteiger partial charge in [-0.15, -0.1) is 0 Å². The van der Waals surface area contributed by atoms with Gasteiger partial charge in [-0.3, -0.25) is 0 Å². The summed E-state index contributed by atoms with van der Waals surface area (Å²) in [5.74, 6) is 0.517. The lowest BCUT2D eigenvalue weighted by Gasteiger charge is -2.41. The SMILES string of the molecule is Cn1cnc2cc(-c3ccc4c(c3)COC3(CCNCC3)O4)ccc21. The van der Waals surface area contributed by atoms with Gasteiger partial charge in [-0.05, 0) is 35.4 Å². The largest absolute Gasteiger partial charge is 0.462 e. The third-order valence-electron chi connectivity index (χ3n) is 5.27. The molecule has 0 radical (unpaired) electrons. The molecule has 0 aliphatic carbocycles. The molecule has 0 saturated carbocycles. The standard InChI is InChI=1S/C20H21N3O2/c1-23-13-22-17-11-15(2-4-18(17)23)14-3-5-19-16(10-14)12-24-20(25-19)6-8-21-9-7-20/h2-5,10-11,13,21H,6-9,12H2,1H3. The number of hydrogen-bond donors (Lipinski definition) is 1. The zero-order valence-corrected chi connectivity index (χ0v) is 14.3. The Labute approximate surface area is 146 Å². The lowest BCUT2D eigenvalue weighted by Crippen LogP contribution is -2.49. The monoisotopic (exact) mass is 335 g/mol. The zero-order chi connectivity index (χ0) is 16.9. The van der Waals surface area contributed by atoms with Crippen molar-refractivity contribution in [3.05, 3.63) is 48.3 Å². The van der Waals surface area contributed by atoms with Crippen molar-refractivity contribution in [2.75, 3.05) is 13.1 Å². The lowest BCUT2D eigenvalue weighted by atomic mass is 9.99. The van der Waals surface area contributed by atoms with Crippen LogP contribution >= 0.6 is 0 Å². The number of aromatic nitrogens is 2. The summed E-state index contributed by atoms with van der Waals surface area (Å²) in [5.41, 5.74) is 5.60. The van der Waals surface area contributed by atoms with Gasteiger partial charge in [-0.25, -0.2) is 4.98 Å². The molecule has 3 aromatic rings. The van der Waals surface area contributed by atoms with Gasteiger partial charge in [0, 0.05) is 38.5 Å². The van der Waals surface area contributed by atoms with E-state index in [1.54, 1.807) is 0 Å². The molecule has 5 nitrogen and oxygen atoms in total. The molecule has 5 heteroatoms. The Morgan fingerprint density at radius 1 is 1.08 bits per heavy atom. The van der Waals surface area contributed by atoms with Gasteiger partial charge >= 0.3 is 0 Å². The summed E-state index contributed by atoms with van der Waals surface area (Å²) >= 11 is 0. The number of hydrogen-bond acceptors (Lipinski definition) is 4. The maximum atomic E-state index is 6.25. The number of nitrogens with one attached hydrogen (secondary N) is 1. The minimum absolute atomic E-state index is 0.438. The molecule has 1 saturated heterocycles. The summed E-state index contributed by atoms with van der Waals surface area (Å²) in [6, 6.07) is 12.8. The van der Waals surface area contributed by atoms with Gasteiger partial charge in [0.15, 0.2) is 0 Å². The van der Waals surface area contributed by atoms with Crippen molar-refractivity contribution in [3.8, 4) is 16.9 Å². The van der Waals surface area contributed by atoms with Crippen molar-refractivity contribution >= 4 is 11.0 Å². The Morgan fingerprint density at radius 3 is 2.76 bits per heavy atom. The third kappa shape index (κ3) is 2.51. The van der Waals surface area contributed by atoms with Gasteiger partial charge in [0.05, 0.1) is 24.0 Å². The minimum Gasteiger partial charge on any atom is -0.462 e. The topological polar surface area (TPSA) is 48.3 Å². The van der Waals surface area contributed by atoms with Crippen molar-refractivity contribution in [1.29, 1.82) is 0 Å². The molecule has 5 rings (SSSR count). The zero-order valence-electron chi connectivity index (χ0n) is 14.3. The summed E-state index contributed by atoms with van der Waals surface area (Å²) in [7, 11) is 2.01. The highest BCUT2D eigenvalue weighted by molar-refractivity contribution is 5.82. The van der Waals surface area contributed by atoms with Gasteiger partial charge < -0.3 is 19.4 Å². The average molecular weight is 335 g/mol. The highest BCUT2D eigenvalue weighted by atomic mass is 16.7. The van der Waals surface area contributed by atoms with Crippen LogP contribution in [0.3, 0.4) is 0 Å². The van der Waals surface area contributed by atoms with Crippen LogP contribution in [0.25, 0.3) is 22.2 Å². The molecule has 25 heavy (non-hydrogen) atoms. The van der Waals surface area contributed by atoms with Gasteiger partial charge in [-0.1, -0.05) is 12.1 Å². The number of ether oxygens (including phenoxy) is 2. The second kappa shape index (κ2) is 5.58. The van der Waals surface area contributed by atoms with E-state index in [2.05, 4.69) is 46.7 Å². The van der Waals surface area contributed by atoms with Crippen LogP contribution in [-0.2, 0) is 18.4 Å². The average Bonchev–Trinajstić information content (AvgIpc) is 3.02. The number of rotatable bonds is 1. The Hall–Kier alpha value is -2.37. The van der Waals surface area contributed by atoms with Crippen molar-refractivity contribution in [2.24, 2.45) is 7.05 Å². The summed E-state index contributed by atoms with van der Waals surface area (Å²) in [6.07, 6.45) is 3.64. The first-order valence-corrected chi connectivity index (χ1v) is 8.81. The van der Waals surface area contributed by atoms with Crippen molar-refractivity contribution in [3.63, 3.8) is 0 Å². The maximum Gasteiger partial charge on any atom is 0.213 e. The number of fused-ring (bicyclic) bond motifs is 2. The minimum atomic E-state index is -0.438. The molecule has 128 valence electrons. The molecule has 1 spiro atoms. The quantitative estimate of drug-likeness (QED) is 0.742. The van der Waals surface area contributed by atoms with E-state index in [-0.39, 0.29) is 0 Å². The fraction of sp³-hybridized carbons (Fsp3) is 0.350. The molecule has 2 aromatic carbocycles. The summed E-state index contributed by atoms with van der Waals surface area (Å²) < 4.78 is 14.4. The molecular formula is C20H21N3O2. The number of aryl methyl sites for hydroxylation is 1. The van der Waals surface area contributed by atoms with E-state index < -0.39 is 5.79 Å². The van der Waals surface area contributed by atoms with Crippen molar-refractivity contribution in [1.82, 2.24) is 14.9 Å². The van der Waals surface area contributed by atoms with Crippen LogP contribution in [0, 0.1) is 0 Å². The van der Waals surface area contributed by atoms with Crippen molar-refractivity contribution < 1.29 is 9.47 Å². The van der Waals surface area contributed by atoms with Gasteiger partial charge in [0.1, 0.15) is 5.75 Å². The van der Waals surface area contributed by atoms with Gasteiger partial charge in [0.2, 0.25) is 5.79 Å². The molecule has 1 aromatic heterocycles. The fourth-order valence-corrected chi connectivity index (χ4v) is 3.78. The second-order valence-corrected chi connectivity index (χ2v) is 6.93. The predicted octanol–water partition coefficient (Wildman–Crippen LogP) is 3.23. The molecule has 0 bridgehead atoms. The summed E-state index contributed by atoms with van der Waals surface area (Å²) in [6.45, 7) is 2.49.